The summed E-state index contributed by atoms with van der Waals surface area (Å²) < 4.78 is 0. The van der Waals surface area contributed by atoms with Crippen LogP contribution in [0, 0.1) is 5.92 Å². The van der Waals surface area contributed by atoms with Gasteiger partial charge in [0, 0.05) is 0 Å². The van der Waals surface area contributed by atoms with Gasteiger partial charge >= 0.3 is 173 Å². The van der Waals surface area contributed by atoms with Crippen molar-refractivity contribution in [2.24, 2.45) is 17.4 Å². The van der Waals surface area contributed by atoms with E-state index in [0.717, 1.165) is 56.7 Å². The summed E-state index contributed by atoms with van der Waals surface area (Å²) in [7, 11) is 0. The third-order valence-corrected chi connectivity index (χ3v) is 8.66. The Labute approximate surface area is 172 Å². The number of amides is 3. The zero-order valence-electron chi connectivity index (χ0n) is 16.3. The molecule has 2 heterocycles. The van der Waals surface area contributed by atoms with Gasteiger partial charge in [-0.2, -0.15) is 0 Å². The first-order valence-electron chi connectivity index (χ1n) is 10.4. The van der Waals surface area contributed by atoms with Crippen LogP contribution in [0.4, 0.5) is 0 Å². The predicted octanol–water partition coefficient (Wildman–Crippen LogP) is -0.586. The Morgan fingerprint density at radius 2 is 1.61 bits per heavy atom. The fourth-order valence-electron chi connectivity index (χ4n) is 4.41. The minimum atomic E-state index is -0.482. The molecule has 4 rings (SSSR count). The first kappa shape index (κ1) is 21.6. The molecule has 28 heavy (non-hydrogen) atoms. The summed E-state index contributed by atoms with van der Waals surface area (Å²) in [5.41, 5.74) is 11.4. The van der Waals surface area contributed by atoms with Crippen LogP contribution < -0.4 is 27.4 Å². The molecule has 0 unspecified atom stereocenters. The topological polar surface area (TPSA) is 139 Å². The summed E-state index contributed by atoms with van der Waals surface area (Å²) in [5.74, 6) is -0.295. The van der Waals surface area contributed by atoms with Gasteiger partial charge in [0.1, 0.15) is 0 Å². The summed E-state index contributed by atoms with van der Waals surface area (Å²) in [6, 6.07) is -0.0766. The van der Waals surface area contributed by atoms with E-state index < -0.39 is 6.04 Å². The van der Waals surface area contributed by atoms with E-state index in [1.807, 2.05) is 0 Å². The van der Waals surface area contributed by atoms with Crippen LogP contribution in [0.3, 0.4) is 0 Å². The van der Waals surface area contributed by atoms with E-state index in [2.05, 4.69) is 16.0 Å². The molecule has 3 amide bonds. The molecule has 2 aliphatic carbocycles. The van der Waals surface area contributed by atoms with E-state index in [-0.39, 0.29) is 56.7 Å². The molecule has 158 valence electrons. The molecule has 0 aromatic heterocycles. The molecule has 2 saturated carbocycles. The van der Waals surface area contributed by atoms with Crippen molar-refractivity contribution in [2.75, 3.05) is 0 Å². The Bertz CT molecular complexity index is 574. The van der Waals surface area contributed by atoms with Crippen LogP contribution in [0.5, 0.6) is 0 Å². The van der Waals surface area contributed by atoms with E-state index in [4.69, 9.17) is 11.5 Å². The van der Waals surface area contributed by atoms with Gasteiger partial charge in [-0.15, -0.1) is 0 Å². The second-order valence-electron chi connectivity index (χ2n) is 8.38. The zero-order chi connectivity index (χ0) is 20.1. The molecule has 2 bridgehead atoms. The standard InChI is InChI=1S/C19H33N5O3Se/c20-15-9-28-10-16(22-12-5-7-14(8-6-12)23-18(15)26)19(27)24-13-3-1-11(2-4-13)17(21)25/h11-16,22H,1-10,20H2,(H2,21,25)(H,23,26)(H,24,27)/t11?,12?,13?,14?,15-,16-/m0/s1. The van der Waals surface area contributed by atoms with Crippen molar-refractivity contribution in [3.05, 3.63) is 0 Å². The third kappa shape index (κ3) is 5.92. The van der Waals surface area contributed by atoms with Crippen molar-refractivity contribution in [1.82, 2.24) is 16.0 Å². The number of fused-ring (bicyclic) bond motifs is 9. The van der Waals surface area contributed by atoms with Crippen LogP contribution in [0.1, 0.15) is 51.4 Å². The maximum absolute atomic E-state index is 13.0. The molecule has 9 heteroatoms. The Morgan fingerprint density at radius 3 is 2.25 bits per heavy atom. The van der Waals surface area contributed by atoms with Crippen molar-refractivity contribution < 1.29 is 14.4 Å². The number of nitrogens with two attached hydrogens (primary N) is 2. The number of rotatable bonds is 3. The fourth-order valence-corrected chi connectivity index (χ4v) is 6.56. The van der Waals surface area contributed by atoms with Crippen LogP contribution in [-0.2, 0) is 14.4 Å². The second-order valence-corrected chi connectivity index (χ2v) is 10.6. The summed E-state index contributed by atoms with van der Waals surface area (Å²) in [5, 5.41) is 11.2. The van der Waals surface area contributed by atoms with E-state index in [1.54, 1.807) is 0 Å². The van der Waals surface area contributed by atoms with Gasteiger partial charge in [0.05, 0.1) is 0 Å². The van der Waals surface area contributed by atoms with Crippen LogP contribution in [0.15, 0.2) is 0 Å². The molecule has 2 saturated heterocycles. The Hall–Kier alpha value is -1.15. The van der Waals surface area contributed by atoms with Gasteiger partial charge in [-0.1, -0.05) is 0 Å². The van der Waals surface area contributed by atoms with Crippen molar-refractivity contribution in [3.63, 3.8) is 0 Å². The van der Waals surface area contributed by atoms with E-state index >= 15 is 0 Å². The van der Waals surface area contributed by atoms with Crippen molar-refractivity contribution in [2.45, 2.75) is 92.2 Å². The monoisotopic (exact) mass is 459 g/mol. The Balaban J connectivity index is 1.56. The molecular weight excluding hydrogens is 425 g/mol. The Morgan fingerprint density at radius 1 is 0.964 bits per heavy atom. The number of hydrogen-bond donors (Lipinski definition) is 5. The van der Waals surface area contributed by atoms with Gasteiger partial charge < -0.3 is 0 Å². The van der Waals surface area contributed by atoms with Gasteiger partial charge in [0.25, 0.3) is 0 Å². The summed E-state index contributed by atoms with van der Waals surface area (Å²) in [4.78, 5) is 36.5. The maximum atomic E-state index is 13.0. The summed E-state index contributed by atoms with van der Waals surface area (Å²) >= 11 is 0.119. The molecule has 7 N–H and O–H groups in total. The first-order chi connectivity index (χ1) is 13.4. The first-order valence-corrected chi connectivity index (χ1v) is 12.8. The normalized spacial score (nSPS) is 37.2. The van der Waals surface area contributed by atoms with Crippen molar-refractivity contribution >= 4 is 32.7 Å². The Kier molecular flexibility index (Phi) is 7.74. The van der Waals surface area contributed by atoms with E-state index in [0.29, 0.717) is 11.4 Å². The average Bonchev–Trinajstić information content (AvgIpc) is 2.67. The molecule has 2 aliphatic heterocycles. The van der Waals surface area contributed by atoms with Crippen LogP contribution in [-0.4, -0.2) is 62.9 Å². The molecule has 0 spiro atoms. The second kappa shape index (κ2) is 10.1. The molecule has 4 aliphatic rings. The van der Waals surface area contributed by atoms with E-state index in [1.165, 1.54) is 0 Å². The zero-order valence-corrected chi connectivity index (χ0v) is 18.0. The molecule has 0 aromatic carbocycles. The van der Waals surface area contributed by atoms with Crippen LogP contribution in [0.2, 0.25) is 10.6 Å². The molecule has 0 aromatic rings. The fraction of sp³-hybridized carbons (Fsp3) is 0.842. The number of primary amides is 1. The quantitative estimate of drug-likeness (QED) is 0.360. The minimum absolute atomic E-state index is 0.0432. The van der Waals surface area contributed by atoms with Gasteiger partial charge in [0.2, 0.25) is 0 Å². The van der Waals surface area contributed by atoms with E-state index in [9.17, 15) is 14.4 Å². The average molecular weight is 458 g/mol. The van der Waals surface area contributed by atoms with Crippen molar-refractivity contribution in [3.8, 4) is 0 Å². The van der Waals surface area contributed by atoms with Crippen molar-refractivity contribution in [1.29, 1.82) is 0 Å². The molecule has 2 atom stereocenters. The van der Waals surface area contributed by atoms with Gasteiger partial charge in [-0.25, -0.2) is 0 Å². The number of carbonyl (C=O) groups excluding carboxylic acids is 3. The SMILES string of the molecule is NC(=O)C1CCC(NC(=O)[C@@H]2C[Se]C[C@H](N)C(=O)NC3CCC(CC3)N2)CC1. The van der Waals surface area contributed by atoms with Gasteiger partial charge in [-0.05, 0) is 0 Å². The predicted molar refractivity (Wildman–Crippen MR) is 108 cm³/mol. The molecular formula is C19H33N5O3Se. The summed E-state index contributed by atoms with van der Waals surface area (Å²) in [6.45, 7) is 0. The molecule has 0 radical (unpaired) electrons. The number of carbonyl (C=O) groups is 3. The van der Waals surface area contributed by atoms with Gasteiger partial charge in [-0.3, -0.25) is 0 Å². The van der Waals surface area contributed by atoms with Crippen LogP contribution >= 0.6 is 0 Å². The third-order valence-electron chi connectivity index (χ3n) is 6.22. The summed E-state index contributed by atoms with van der Waals surface area (Å²) in [6.07, 6.45) is 6.86. The molecule has 4 fully saturated rings. The number of nitrogens with one attached hydrogen (secondary N) is 3. The van der Waals surface area contributed by atoms with Gasteiger partial charge in [0.15, 0.2) is 0 Å². The van der Waals surface area contributed by atoms with Crippen LogP contribution in [0.25, 0.3) is 0 Å². The molecule has 8 nitrogen and oxygen atoms in total. The number of hydrogen-bond acceptors (Lipinski definition) is 5.